The van der Waals surface area contributed by atoms with Crippen LogP contribution in [0, 0.1) is 0 Å². The van der Waals surface area contributed by atoms with Gasteiger partial charge in [0.1, 0.15) is 5.82 Å². The summed E-state index contributed by atoms with van der Waals surface area (Å²) in [6.45, 7) is 3.86. The van der Waals surface area contributed by atoms with E-state index in [0.717, 1.165) is 36.3 Å². The fourth-order valence-corrected chi connectivity index (χ4v) is 2.25. The van der Waals surface area contributed by atoms with Crippen LogP contribution in [0.3, 0.4) is 0 Å². The number of carbonyl (C=O) groups is 1. The number of aromatic nitrogens is 2. The number of rotatable bonds is 8. The van der Waals surface area contributed by atoms with E-state index < -0.39 is 5.97 Å². The molecule has 5 nitrogen and oxygen atoms in total. The van der Waals surface area contributed by atoms with Crippen molar-refractivity contribution in [1.82, 2.24) is 9.55 Å². The number of ether oxygens (including phenoxy) is 1. The average Bonchev–Trinajstić information content (AvgIpc) is 2.79. The summed E-state index contributed by atoms with van der Waals surface area (Å²) < 4.78 is 7.35. The van der Waals surface area contributed by atoms with Gasteiger partial charge in [0.15, 0.2) is 0 Å². The molecule has 0 amide bonds. The van der Waals surface area contributed by atoms with Crippen LogP contribution in [-0.2, 0) is 22.5 Å². The maximum atomic E-state index is 10.8. The second kappa shape index (κ2) is 7.05. The molecule has 20 heavy (non-hydrogen) atoms. The van der Waals surface area contributed by atoms with Crippen LogP contribution in [0.1, 0.15) is 25.6 Å². The molecule has 108 valence electrons. The second-order valence-corrected chi connectivity index (χ2v) is 4.61. The van der Waals surface area contributed by atoms with Crippen LogP contribution in [0.25, 0.3) is 11.0 Å². The highest BCUT2D eigenvalue weighted by molar-refractivity contribution is 5.76. The molecule has 1 N–H and O–H groups in total. The minimum Gasteiger partial charge on any atom is -0.481 e. The van der Waals surface area contributed by atoms with E-state index in [1.807, 2.05) is 35.8 Å². The second-order valence-electron chi connectivity index (χ2n) is 4.61. The Balaban J connectivity index is 2.17. The van der Waals surface area contributed by atoms with E-state index in [9.17, 15) is 4.79 Å². The summed E-state index contributed by atoms with van der Waals surface area (Å²) in [6.07, 6.45) is 1.80. The maximum absolute atomic E-state index is 10.8. The number of hydrogen-bond acceptors (Lipinski definition) is 3. The van der Waals surface area contributed by atoms with Gasteiger partial charge in [-0.05, 0) is 25.5 Å². The van der Waals surface area contributed by atoms with Crippen molar-refractivity contribution in [1.29, 1.82) is 0 Å². The topological polar surface area (TPSA) is 64.4 Å². The summed E-state index contributed by atoms with van der Waals surface area (Å²) in [6, 6.07) is 7.83. The predicted octanol–water partition coefficient (Wildman–Crippen LogP) is 2.48. The molecule has 0 atom stereocenters. The first-order valence-corrected chi connectivity index (χ1v) is 6.96. The largest absolute Gasteiger partial charge is 0.481 e. The molecule has 5 heteroatoms. The number of aliphatic carboxylic acids is 1. The molecule has 0 saturated carbocycles. The molecule has 0 aliphatic heterocycles. The molecule has 0 saturated heterocycles. The molecule has 0 aliphatic carbocycles. The van der Waals surface area contributed by atoms with Gasteiger partial charge in [0.2, 0.25) is 0 Å². The Morgan fingerprint density at radius 2 is 2.20 bits per heavy atom. The fraction of sp³-hybridized carbons (Fsp3) is 0.467. The lowest BCUT2D eigenvalue weighted by Gasteiger charge is -2.07. The minimum absolute atomic E-state index is 0.110. The van der Waals surface area contributed by atoms with Crippen molar-refractivity contribution in [2.75, 3.05) is 13.2 Å². The van der Waals surface area contributed by atoms with Crippen molar-refractivity contribution in [3.05, 3.63) is 30.1 Å². The summed E-state index contributed by atoms with van der Waals surface area (Å²) in [7, 11) is 0. The van der Waals surface area contributed by atoms with Gasteiger partial charge >= 0.3 is 5.97 Å². The summed E-state index contributed by atoms with van der Waals surface area (Å²) in [5.74, 6) is 0.148. The highest BCUT2D eigenvalue weighted by atomic mass is 16.5. The van der Waals surface area contributed by atoms with Crippen molar-refractivity contribution >= 4 is 17.0 Å². The van der Waals surface area contributed by atoms with Crippen LogP contribution in [0.2, 0.25) is 0 Å². The van der Waals surface area contributed by atoms with Gasteiger partial charge in [0, 0.05) is 26.2 Å². The van der Waals surface area contributed by atoms with E-state index >= 15 is 0 Å². The third kappa shape index (κ3) is 3.57. The number of imidazole rings is 1. The molecule has 0 unspecified atom stereocenters. The quantitative estimate of drug-likeness (QED) is 0.752. The normalized spacial score (nSPS) is 11.1. The van der Waals surface area contributed by atoms with Crippen LogP contribution < -0.4 is 0 Å². The molecule has 0 spiro atoms. The lowest BCUT2D eigenvalue weighted by atomic mass is 10.3. The Kier molecular flexibility index (Phi) is 5.12. The van der Waals surface area contributed by atoms with Crippen LogP contribution >= 0.6 is 0 Å². The number of aryl methyl sites for hydroxylation is 2. The number of para-hydroxylation sites is 2. The van der Waals surface area contributed by atoms with Crippen LogP contribution in [0.5, 0.6) is 0 Å². The molecular weight excluding hydrogens is 256 g/mol. The number of nitrogens with zero attached hydrogens (tertiary/aromatic N) is 2. The highest BCUT2D eigenvalue weighted by Crippen LogP contribution is 2.17. The monoisotopic (exact) mass is 276 g/mol. The highest BCUT2D eigenvalue weighted by Gasteiger charge is 2.11. The number of hydrogen-bond donors (Lipinski definition) is 1. The van der Waals surface area contributed by atoms with E-state index in [0.29, 0.717) is 13.2 Å². The molecule has 2 aromatic rings. The lowest BCUT2D eigenvalue weighted by Crippen LogP contribution is -2.09. The number of carboxylic acid groups (broad SMARTS) is 1. The SMILES string of the molecule is CCOCCCc1nc2ccccc2n1CCC(=O)O. The third-order valence-electron chi connectivity index (χ3n) is 3.18. The first-order valence-electron chi connectivity index (χ1n) is 6.96. The van der Waals surface area contributed by atoms with Crippen molar-refractivity contribution in [2.24, 2.45) is 0 Å². The van der Waals surface area contributed by atoms with Crippen LogP contribution in [0.15, 0.2) is 24.3 Å². The van der Waals surface area contributed by atoms with Gasteiger partial charge in [-0.2, -0.15) is 0 Å². The summed E-state index contributed by atoms with van der Waals surface area (Å²) >= 11 is 0. The molecule has 1 heterocycles. The van der Waals surface area contributed by atoms with Gasteiger partial charge in [-0.3, -0.25) is 4.79 Å². The molecule has 1 aromatic heterocycles. The molecular formula is C15H20N2O3. The molecule has 1 aromatic carbocycles. The van der Waals surface area contributed by atoms with Crippen molar-refractivity contribution in [2.45, 2.75) is 32.7 Å². The van der Waals surface area contributed by atoms with E-state index in [-0.39, 0.29) is 6.42 Å². The van der Waals surface area contributed by atoms with Gasteiger partial charge in [0.05, 0.1) is 17.5 Å². The Bertz CT molecular complexity index is 578. The Labute approximate surface area is 118 Å². The Hall–Kier alpha value is -1.88. The zero-order valence-corrected chi connectivity index (χ0v) is 11.7. The first-order chi connectivity index (χ1) is 9.72. The summed E-state index contributed by atoms with van der Waals surface area (Å²) in [4.78, 5) is 15.4. The number of fused-ring (bicyclic) bond motifs is 1. The van der Waals surface area contributed by atoms with Gasteiger partial charge < -0.3 is 14.4 Å². The lowest BCUT2D eigenvalue weighted by molar-refractivity contribution is -0.137. The zero-order valence-electron chi connectivity index (χ0n) is 11.7. The fourth-order valence-electron chi connectivity index (χ4n) is 2.25. The van der Waals surface area contributed by atoms with Crippen molar-refractivity contribution in [3.63, 3.8) is 0 Å². The number of carboxylic acids is 1. The van der Waals surface area contributed by atoms with E-state index in [4.69, 9.17) is 9.84 Å². The van der Waals surface area contributed by atoms with Crippen molar-refractivity contribution < 1.29 is 14.6 Å². The predicted molar refractivity (Wildman–Crippen MR) is 76.8 cm³/mol. The molecule has 0 aliphatic rings. The molecule has 2 rings (SSSR count). The summed E-state index contributed by atoms with van der Waals surface area (Å²) in [5, 5.41) is 8.87. The molecule has 0 bridgehead atoms. The molecule has 0 radical (unpaired) electrons. The molecule has 0 fully saturated rings. The van der Waals surface area contributed by atoms with Crippen LogP contribution in [-0.4, -0.2) is 33.8 Å². The maximum Gasteiger partial charge on any atom is 0.305 e. The number of benzene rings is 1. The van der Waals surface area contributed by atoms with E-state index in [1.165, 1.54) is 0 Å². The average molecular weight is 276 g/mol. The van der Waals surface area contributed by atoms with Gasteiger partial charge in [-0.25, -0.2) is 4.98 Å². The minimum atomic E-state index is -0.789. The smallest absolute Gasteiger partial charge is 0.305 e. The van der Waals surface area contributed by atoms with Gasteiger partial charge in [0.25, 0.3) is 0 Å². The van der Waals surface area contributed by atoms with Gasteiger partial charge in [-0.1, -0.05) is 12.1 Å². The summed E-state index contributed by atoms with van der Waals surface area (Å²) in [5.41, 5.74) is 1.92. The van der Waals surface area contributed by atoms with E-state index in [2.05, 4.69) is 4.98 Å². The van der Waals surface area contributed by atoms with Crippen molar-refractivity contribution in [3.8, 4) is 0 Å². The van der Waals surface area contributed by atoms with E-state index in [1.54, 1.807) is 0 Å². The standard InChI is InChI=1S/C15H20N2O3/c1-2-20-11-5-8-14-16-12-6-3-4-7-13(12)17(14)10-9-15(18)19/h3-4,6-7H,2,5,8-11H2,1H3,(H,18,19). The van der Waals surface area contributed by atoms with Crippen LogP contribution in [0.4, 0.5) is 0 Å². The Morgan fingerprint density at radius 1 is 1.40 bits per heavy atom. The third-order valence-corrected chi connectivity index (χ3v) is 3.18. The zero-order chi connectivity index (χ0) is 14.4. The Morgan fingerprint density at radius 3 is 2.95 bits per heavy atom. The van der Waals surface area contributed by atoms with Gasteiger partial charge in [-0.15, -0.1) is 0 Å². The first kappa shape index (κ1) is 14.5.